The van der Waals surface area contributed by atoms with Crippen LogP contribution in [0.15, 0.2) is 36.4 Å². The van der Waals surface area contributed by atoms with E-state index in [1.165, 1.54) is 27.8 Å². The van der Waals surface area contributed by atoms with E-state index in [2.05, 4.69) is 67.1 Å². The second-order valence-electron chi connectivity index (χ2n) is 9.08. The maximum absolute atomic E-state index is 12.0. The third-order valence-electron chi connectivity index (χ3n) is 6.49. The summed E-state index contributed by atoms with van der Waals surface area (Å²) >= 11 is 0. The first kappa shape index (κ1) is 22.5. The average molecular weight is 434 g/mol. The Kier molecular flexibility index (Phi) is 7.26. The van der Waals surface area contributed by atoms with Gasteiger partial charge in [0.2, 0.25) is 5.91 Å². The number of aryl methyl sites for hydroxylation is 4. The molecule has 2 aromatic carbocycles. The molecular formula is C27H35N3O2. The van der Waals surface area contributed by atoms with E-state index < -0.39 is 0 Å². The van der Waals surface area contributed by atoms with Gasteiger partial charge in [-0.05, 0) is 75.3 Å². The number of para-hydroxylation sites is 2. The zero-order valence-electron chi connectivity index (χ0n) is 19.6. The summed E-state index contributed by atoms with van der Waals surface area (Å²) in [7, 11) is 0. The fourth-order valence-corrected chi connectivity index (χ4v) is 4.80. The van der Waals surface area contributed by atoms with Crippen molar-refractivity contribution in [2.24, 2.45) is 0 Å². The summed E-state index contributed by atoms with van der Waals surface area (Å²) in [5.74, 6) is 1.20. The Balaban J connectivity index is 1.38. The van der Waals surface area contributed by atoms with Crippen molar-refractivity contribution in [1.82, 2.24) is 14.9 Å². The van der Waals surface area contributed by atoms with Crippen molar-refractivity contribution >= 4 is 16.9 Å². The van der Waals surface area contributed by atoms with Crippen LogP contribution in [0.1, 0.15) is 60.2 Å². The minimum Gasteiger partial charge on any atom is -0.368 e. The number of fused-ring (bicyclic) bond motifs is 1. The van der Waals surface area contributed by atoms with Gasteiger partial charge in [0.15, 0.2) is 0 Å². The number of nitrogens with zero attached hydrogens (tertiary/aromatic N) is 2. The summed E-state index contributed by atoms with van der Waals surface area (Å²) in [6.45, 7) is 8.85. The maximum Gasteiger partial charge on any atom is 0.249 e. The number of carbonyl (C=O) groups excluding carboxylic acids is 1. The molecule has 1 fully saturated rings. The lowest BCUT2D eigenvalue weighted by Gasteiger charge is -2.15. The van der Waals surface area contributed by atoms with Crippen LogP contribution in [0.2, 0.25) is 0 Å². The number of nitrogens with one attached hydrogen (secondary N) is 1. The van der Waals surface area contributed by atoms with Gasteiger partial charge in [-0.25, -0.2) is 4.98 Å². The Morgan fingerprint density at radius 2 is 1.91 bits per heavy atom. The van der Waals surface area contributed by atoms with Crippen LogP contribution in [0, 0.1) is 20.8 Å². The molecule has 1 amide bonds. The van der Waals surface area contributed by atoms with Gasteiger partial charge in [-0.2, -0.15) is 0 Å². The van der Waals surface area contributed by atoms with Crippen molar-refractivity contribution in [3.05, 3.63) is 64.5 Å². The van der Waals surface area contributed by atoms with E-state index in [1.807, 2.05) is 0 Å². The highest BCUT2D eigenvalue weighted by molar-refractivity contribution is 5.80. The Labute approximate surface area is 191 Å². The monoisotopic (exact) mass is 433 g/mol. The van der Waals surface area contributed by atoms with Crippen molar-refractivity contribution < 1.29 is 9.53 Å². The lowest BCUT2D eigenvalue weighted by atomic mass is 9.99. The molecule has 0 bridgehead atoms. The van der Waals surface area contributed by atoms with Crippen molar-refractivity contribution in [1.29, 1.82) is 0 Å². The minimum absolute atomic E-state index is 0.0492. The molecule has 2 heterocycles. The molecule has 1 atom stereocenters. The lowest BCUT2D eigenvalue weighted by molar-refractivity contribution is -0.130. The second kappa shape index (κ2) is 10.3. The number of carbonyl (C=O) groups is 1. The summed E-state index contributed by atoms with van der Waals surface area (Å²) in [4.78, 5) is 17.0. The average Bonchev–Trinajstić information content (AvgIpc) is 3.41. The summed E-state index contributed by atoms with van der Waals surface area (Å²) in [6, 6.07) is 13.0. The molecule has 170 valence electrons. The van der Waals surface area contributed by atoms with Crippen molar-refractivity contribution in [2.45, 2.75) is 71.9 Å². The zero-order valence-corrected chi connectivity index (χ0v) is 19.6. The van der Waals surface area contributed by atoms with Crippen LogP contribution in [0.25, 0.3) is 11.0 Å². The van der Waals surface area contributed by atoms with Gasteiger partial charge in [-0.3, -0.25) is 4.79 Å². The van der Waals surface area contributed by atoms with Gasteiger partial charge in [-0.15, -0.1) is 0 Å². The zero-order chi connectivity index (χ0) is 22.5. The Morgan fingerprint density at radius 1 is 1.12 bits per heavy atom. The molecule has 0 saturated carbocycles. The highest BCUT2D eigenvalue weighted by Crippen LogP contribution is 2.23. The molecule has 0 aliphatic carbocycles. The van der Waals surface area contributed by atoms with Crippen LogP contribution in [0.4, 0.5) is 0 Å². The SMILES string of the molecule is Cc1cc(C)c(Cn2c(CCCCCNC(=O)C3CCCO3)nc3ccccc32)c(C)c1. The largest absolute Gasteiger partial charge is 0.368 e. The summed E-state index contributed by atoms with van der Waals surface area (Å²) < 4.78 is 7.83. The lowest BCUT2D eigenvalue weighted by Crippen LogP contribution is -2.34. The van der Waals surface area contributed by atoms with Crippen LogP contribution in [0.3, 0.4) is 0 Å². The van der Waals surface area contributed by atoms with Crippen molar-refractivity contribution in [2.75, 3.05) is 13.2 Å². The maximum atomic E-state index is 12.0. The van der Waals surface area contributed by atoms with Gasteiger partial charge in [0, 0.05) is 26.1 Å². The highest BCUT2D eigenvalue weighted by Gasteiger charge is 2.22. The number of hydrogen-bond donors (Lipinski definition) is 1. The number of unbranched alkanes of at least 4 members (excludes halogenated alkanes) is 2. The molecule has 0 radical (unpaired) electrons. The number of rotatable bonds is 9. The van der Waals surface area contributed by atoms with Gasteiger partial charge >= 0.3 is 0 Å². The van der Waals surface area contributed by atoms with Crippen molar-refractivity contribution in [3.63, 3.8) is 0 Å². The number of amides is 1. The molecule has 5 heteroatoms. The standard InChI is InChI=1S/C27H35N3O2/c1-19-16-20(2)22(21(3)17-19)18-30-24-11-7-6-10-23(24)29-26(30)13-5-4-8-14-28-27(31)25-12-9-15-32-25/h6-7,10-11,16-17,25H,4-5,8-9,12-15,18H2,1-3H3,(H,28,31). The van der Waals surface area contributed by atoms with Crippen LogP contribution in [-0.2, 0) is 22.5 Å². The molecule has 1 saturated heterocycles. The number of hydrogen-bond acceptors (Lipinski definition) is 3. The predicted octanol–water partition coefficient (Wildman–Crippen LogP) is 5.02. The molecule has 1 aliphatic heterocycles. The van der Waals surface area contributed by atoms with Crippen molar-refractivity contribution in [3.8, 4) is 0 Å². The molecule has 4 rings (SSSR count). The van der Waals surface area contributed by atoms with Gasteiger partial charge in [-0.1, -0.05) is 36.2 Å². The van der Waals surface area contributed by atoms with Gasteiger partial charge in [0.25, 0.3) is 0 Å². The number of imidazole rings is 1. The predicted molar refractivity (Wildman–Crippen MR) is 129 cm³/mol. The Bertz CT molecular complexity index is 1060. The number of ether oxygens (including phenoxy) is 1. The van der Waals surface area contributed by atoms with E-state index in [1.54, 1.807) is 0 Å². The second-order valence-corrected chi connectivity index (χ2v) is 9.08. The van der Waals surface area contributed by atoms with Gasteiger partial charge in [0.1, 0.15) is 11.9 Å². The van der Waals surface area contributed by atoms with E-state index in [4.69, 9.17) is 9.72 Å². The molecule has 1 unspecified atom stereocenters. The number of aromatic nitrogens is 2. The van der Waals surface area contributed by atoms with Gasteiger partial charge in [0.05, 0.1) is 11.0 Å². The van der Waals surface area contributed by atoms with E-state index in [0.29, 0.717) is 6.61 Å². The quantitative estimate of drug-likeness (QED) is 0.482. The van der Waals surface area contributed by atoms with Crippen LogP contribution < -0.4 is 5.32 Å². The molecule has 1 N–H and O–H groups in total. The third kappa shape index (κ3) is 5.21. The summed E-state index contributed by atoms with van der Waals surface area (Å²) in [5.41, 5.74) is 7.64. The normalized spacial score (nSPS) is 16.0. The van der Waals surface area contributed by atoms with Gasteiger partial charge < -0.3 is 14.6 Å². The van der Waals surface area contributed by atoms with E-state index in [9.17, 15) is 4.79 Å². The fraction of sp³-hybridized carbons (Fsp3) is 0.481. The molecular weight excluding hydrogens is 398 g/mol. The highest BCUT2D eigenvalue weighted by atomic mass is 16.5. The molecule has 0 spiro atoms. The molecule has 32 heavy (non-hydrogen) atoms. The number of benzene rings is 2. The Morgan fingerprint density at radius 3 is 2.66 bits per heavy atom. The first-order valence-corrected chi connectivity index (χ1v) is 11.9. The minimum atomic E-state index is -0.233. The smallest absolute Gasteiger partial charge is 0.249 e. The summed E-state index contributed by atoms with van der Waals surface area (Å²) in [6.07, 6.45) is 5.65. The van der Waals surface area contributed by atoms with E-state index in [0.717, 1.165) is 63.0 Å². The molecule has 1 aromatic heterocycles. The molecule has 3 aromatic rings. The van der Waals surface area contributed by atoms with E-state index in [-0.39, 0.29) is 12.0 Å². The Hall–Kier alpha value is -2.66. The molecule has 1 aliphatic rings. The van der Waals surface area contributed by atoms with E-state index >= 15 is 0 Å². The third-order valence-corrected chi connectivity index (χ3v) is 6.49. The first-order valence-electron chi connectivity index (χ1n) is 11.9. The van der Waals surface area contributed by atoms with Crippen LogP contribution in [0.5, 0.6) is 0 Å². The molecule has 5 nitrogen and oxygen atoms in total. The van der Waals surface area contributed by atoms with Crippen LogP contribution in [-0.4, -0.2) is 34.7 Å². The topological polar surface area (TPSA) is 56.2 Å². The first-order chi connectivity index (χ1) is 15.5. The fourth-order valence-electron chi connectivity index (χ4n) is 4.80. The summed E-state index contributed by atoms with van der Waals surface area (Å²) in [5, 5.41) is 3.02. The van der Waals surface area contributed by atoms with Crippen LogP contribution >= 0.6 is 0 Å².